The Balaban J connectivity index is -0.00000000957. The molecule has 0 N–H and O–H groups in total. The molecule has 0 rings (SSSR count). The summed E-state index contributed by atoms with van der Waals surface area (Å²) in [6.07, 6.45) is 8.00. The van der Waals surface area contributed by atoms with E-state index >= 15 is 0 Å². The predicted molar refractivity (Wildman–Crippen MR) is 150 cm³/mol. The summed E-state index contributed by atoms with van der Waals surface area (Å²) in [5, 5.41) is 0. The van der Waals surface area contributed by atoms with Gasteiger partial charge in [0.15, 0.2) is 0 Å². The molecule has 0 spiro atoms. The van der Waals surface area contributed by atoms with Crippen molar-refractivity contribution < 1.29 is 0 Å². The van der Waals surface area contributed by atoms with Crippen LogP contribution < -0.4 is 0 Å². The van der Waals surface area contributed by atoms with Gasteiger partial charge in [0.2, 0.25) is 0 Å². The summed E-state index contributed by atoms with van der Waals surface area (Å²) in [5.74, 6) is 0. The Morgan fingerprint density at radius 3 is 0.444 bits per heavy atom. The van der Waals surface area contributed by atoms with Crippen molar-refractivity contribution in [3.63, 3.8) is 0 Å². The minimum atomic E-state index is 0. The lowest BCUT2D eigenvalue weighted by Crippen LogP contribution is -1.40. The molecule has 0 fully saturated rings. The maximum atomic E-state index is 3.00. The Hall–Kier alpha value is -0.780. The van der Waals surface area contributed by atoms with Crippen molar-refractivity contribution in [3.05, 3.63) is 37.5 Å². The Bertz CT molecular complexity index is 58.1. The van der Waals surface area contributed by atoms with Crippen LogP contribution in [0.4, 0.5) is 0 Å². The first-order chi connectivity index (χ1) is 12.9. The zero-order valence-corrected chi connectivity index (χ0v) is 23.7. The molecular formula is C27H72. The van der Waals surface area contributed by atoms with Crippen LogP contribution in [0.3, 0.4) is 0 Å². The highest BCUT2D eigenvalue weighted by atomic mass is 13.6. The predicted octanol–water partition coefficient (Wildman–Crippen LogP) is 12.8. The fraction of sp³-hybridized carbons (Fsp3) is 0.778. The second-order valence-electron chi connectivity index (χ2n) is 1.05. The summed E-state index contributed by atoms with van der Waals surface area (Å²) < 4.78 is 0. The van der Waals surface area contributed by atoms with Crippen molar-refractivity contribution in [1.29, 1.82) is 0 Å². The molecule has 27 heavy (non-hydrogen) atoms. The molecule has 0 aromatic rings. The summed E-state index contributed by atoms with van der Waals surface area (Å²) in [6.45, 7) is 46.0. The van der Waals surface area contributed by atoms with Crippen LogP contribution in [0.15, 0.2) is 37.5 Å². The average Bonchev–Trinajstić information content (AvgIpc) is 2.85. The van der Waals surface area contributed by atoms with E-state index in [0.29, 0.717) is 0 Å². The molecule has 0 aliphatic rings. The molecule has 0 saturated carbocycles. The molecule has 0 saturated heterocycles. The third-order valence-corrected chi connectivity index (χ3v) is 0.496. The third kappa shape index (κ3) is 2760. The molecule has 0 heteroatoms. The molecular weight excluding hydrogens is 324 g/mol. The highest BCUT2D eigenvalue weighted by Crippen LogP contribution is 1.71. The molecule has 0 bridgehead atoms. The second-order valence-corrected chi connectivity index (χ2v) is 1.05. The van der Waals surface area contributed by atoms with Crippen molar-refractivity contribution in [2.45, 2.75) is 146 Å². The summed E-state index contributed by atoms with van der Waals surface area (Å²) in [7, 11) is 0. The fourth-order valence-electron chi connectivity index (χ4n) is 0.222. The van der Waals surface area contributed by atoms with Crippen molar-refractivity contribution >= 4 is 0 Å². The average molecular weight is 397 g/mol. The van der Waals surface area contributed by atoms with Crippen molar-refractivity contribution in [3.8, 4) is 0 Å². The normalized spacial score (nSPS) is 4.74. The summed E-state index contributed by atoms with van der Waals surface area (Å²) in [4.78, 5) is 0. The van der Waals surface area contributed by atoms with Crippen LogP contribution in [0.2, 0.25) is 0 Å². The van der Waals surface area contributed by atoms with Crippen LogP contribution >= 0.6 is 0 Å². The first-order valence-electron chi connectivity index (χ1n) is 11.7. The van der Waals surface area contributed by atoms with Gasteiger partial charge in [0.05, 0.1) is 0 Å². The molecule has 0 aliphatic carbocycles. The van der Waals surface area contributed by atoms with Gasteiger partial charge in [0, 0.05) is 0 Å². The minimum absolute atomic E-state index is 0. The quantitative estimate of drug-likeness (QED) is 0.305. The molecule has 180 valence electrons. The molecule has 0 radical (unpaired) electrons. The Kier molecular flexibility index (Phi) is 4360. The highest BCUT2D eigenvalue weighted by molar-refractivity contribution is 4.98. The van der Waals surface area contributed by atoms with Gasteiger partial charge in [-0.25, -0.2) is 0 Å². The van der Waals surface area contributed by atoms with Gasteiger partial charge in [-0.1, -0.05) is 156 Å². The van der Waals surface area contributed by atoms with E-state index in [9.17, 15) is 0 Å². The summed E-state index contributed by atoms with van der Waals surface area (Å²) in [5.41, 5.74) is 0. The molecule has 0 unspecified atom stereocenters. The number of hydrogen-bond acceptors (Lipinski definition) is 0. The van der Waals surface area contributed by atoms with E-state index in [0.717, 1.165) is 0 Å². The smallest absolute Gasteiger partial charge is 0.0467 e. The van der Waals surface area contributed by atoms with Gasteiger partial charge in [0.1, 0.15) is 0 Å². The van der Waals surface area contributed by atoms with E-state index in [2.05, 4.69) is 13.2 Å². The lowest BCUT2D eigenvalue weighted by atomic mass is 10.5. The van der Waals surface area contributed by atoms with Gasteiger partial charge in [0.25, 0.3) is 0 Å². The highest BCUT2D eigenvalue weighted by Gasteiger charge is 1.48. The standard InChI is InChI=1S/C6H10.9C2H6.C2H4.CH4/c1-3-5-6-4-2;10*1-2;/h3-6H,1-2H3;9*1-2H3;1-2H2;1H4/b5-3+,6-4+;;;;;;;;;;;. The molecule has 0 nitrogen and oxygen atoms in total. The lowest BCUT2D eigenvalue weighted by molar-refractivity contribution is 1.50. The number of hydrogen-bond donors (Lipinski definition) is 0. The maximum absolute atomic E-state index is 3.00. The largest absolute Gasteiger partial charge is 0.106 e. The lowest BCUT2D eigenvalue weighted by Gasteiger charge is -1.62. The first-order valence-corrected chi connectivity index (χ1v) is 11.7. The fourth-order valence-corrected chi connectivity index (χ4v) is 0.222. The van der Waals surface area contributed by atoms with Gasteiger partial charge in [-0.05, 0) is 13.8 Å². The van der Waals surface area contributed by atoms with Crippen LogP contribution in [0.1, 0.15) is 146 Å². The Labute approximate surface area is 183 Å². The molecule has 0 amide bonds. The van der Waals surface area contributed by atoms with E-state index in [1.165, 1.54) is 0 Å². The molecule has 0 heterocycles. The van der Waals surface area contributed by atoms with Gasteiger partial charge < -0.3 is 0 Å². The van der Waals surface area contributed by atoms with Crippen molar-refractivity contribution in [2.75, 3.05) is 0 Å². The van der Waals surface area contributed by atoms with Crippen LogP contribution in [-0.4, -0.2) is 0 Å². The van der Waals surface area contributed by atoms with E-state index < -0.39 is 0 Å². The summed E-state index contributed by atoms with van der Waals surface area (Å²) in [6, 6.07) is 0. The number of allylic oxidation sites excluding steroid dienone is 4. The van der Waals surface area contributed by atoms with Crippen LogP contribution in [0, 0.1) is 0 Å². The number of rotatable bonds is 1. The van der Waals surface area contributed by atoms with Gasteiger partial charge in [-0.3, -0.25) is 0 Å². The molecule has 0 aromatic carbocycles. The van der Waals surface area contributed by atoms with E-state index in [1.54, 1.807) is 0 Å². The monoisotopic (exact) mass is 397 g/mol. The van der Waals surface area contributed by atoms with Crippen LogP contribution in [0.25, 0.3) is 0 Å². The van der Waals surface area contributed by atoms with E-state index in [4.69, 9.17) is 0 Å². The van der Waals surface area contributed by atoms with Crippen LogP contribution in [-0.2, 0) is 0 Å². The van der Waals surface area contributed by atoms with Crippen molar-refractivity contribution in [1.82, 2.24) is 0 Å². The zero-order chi connectivity index (χ0) is 24.8. The maximum Gasteiger partial charge on any atom is -0.0467 e. The van der Waals surface area contributed by atoms with Gasteiger partial charge in [-0.2, -0.15) is 0 Å². The third-order valence-electron chi connectivity index (χ3n) is 0.496. The first kappa shape index (κ1) is 82.5. The Morgan fingerprint density at radius 2 is 0.407 bits per heavy atom. The van der Waals surface area contributed by atoms with Gasteiger partial charge in [-0.15, -0.1) is 13.2 Å². The van der Waals surface area contributed by atoms with Crippen LogP contribution in [0.5, 0.6) is 0 Å². The van der Waals surface area contributed by atoms with E-state index in [-0.39, 0.29) is 7.43 Å². The second kappa shape index (κ2) is 1430. The minimum Gasteiger partial charge on any atom is -0.106 e. The molecule has 0 aromatic heterocycles. The SMILES string of the molecule is C.C/C=C/C=C/C.C=C.CC.CC.CC.CC.CC.CC.CC.CC.CC. The molecule has 0 atom stereocenters. The summed E-state index contributed by atoms with van der Waals surface area (Å²) >= 11 is 0. The van der Waals surface area contributed by atoms with Gasteiger partial charge >= 0.3 is 0 Å². The molecule has 0 aliphatic heterocycles. The zero-order valence-electron chi connectivity index (χ0n) is 23.7. The topological polar surface area (TPSA) is 0 Å². The Morgan fingerprint density at radius 1 is 0.333 bits per heavy atom. The van der Waals surface area contributed by atoms with Crippen molar-refractivity contribution in [2.24, 2.45) is 0 Å². The van der Waals surface area contributed by atoms with E-state index in [1.807, 2.05) is 163 Å².